The second-order valence-electron chi connectivity index (χ2n) is 3.67. The predicted octanol–water partition coefficient (Wildman–Crippen LogP) is 4.68. The van der Waals surface area contributed by atoms with E-state index in [0.717, 1.165) is 11.1 Å². The lowest BCUT2D eigenvalue weighted by atomic mass is 10.1. The zero-order valence-corrected chi connectivity index (χ0v) is 11.5. The molecule has 0 aromatic heterocycles. The highest BCUT2D eigenvalue weighted by Gasteiger charge is 2.10. The van der Waals surface area contributed by atoms with E-state index in [9.17, 15) is 0 Å². The van der Waals surface area contributed by atoms with Crippen LogP contribution in [0.1, 0.15) is 0 Å². The summed E-state index contributed by atoms with van der Waals surface area (Å²) < 4.78 is 10.5. The molecule has 0 aliphatic carbocycles. The first-order valence-electron chi connectivity index (χ1n) is 5.33. The average molecular weight is 283 g/mol. The lowest BCUT2D eigenvalue weighted by Crippen LogP contribution is -1.91. The number of ether oxygens (including phenoxy) is 2. The summed E-state index contributed by atoms with van der Waals surface area (Å²) >= 11 is 12.2. The van der Waals surface area contributed by atoms with E-state index < -0.39 is 0 Å². The van der Waals surface area contributed by atoms with Crippen LogP contribution in [0.2, 0.25) is 10.0 Å². The first-order valence-corrected chi connectivity index (χ1v) is 6.09. The minimum Gasteiger partial charge on any atom is -0.493 e. The summed E-state index contributed by atoms with van der Waals surface area (Å²) in [6.07, 6.45) is 0. The van der Waals surface area contributed by atoms with Gasteiger partial charge in [0, 0.05) is 5.56 Å². The van der Waals surface area contributed by atoms with Crippen molar-refractivity contribution in [1.29, 1.82) is 0 Å². The van der Waals surface area contributed by atoms with Crippen molar-refractivity contribution in [2.45, 2.75) is 0 Å². The van der Waals surface area contributed by atoms with Gasteiger partial charge in [-0.3, -0.25) is 0 Å². The molecule has 0 radical (unpaired) electrons. The van der Waals surface area contributed by atoms with Gasteiger partial charge in [0.1, 0.15) is 0 Å². The van der Waals surface area contributed by atoms with Crippen molar-refractivity contribution < 1.29 is 9.47 Å². The lowest BCUT2D eigenvalue weighted by Gasteiger charge is -2.11. The Bertz CT molecular complexity index is 568. The summed E-state index contributed by atoms with van der Waals surface area (Å²) in [4.78, 5) is 0. The summed E-state index contributed by atoms with van der Waals surface area (Å²) in [5.74, 6) is 1.34. The van der Waals surface area contributed by atoms with Gasteiger partial charge in [-0.2, -0.15) is 0 Å². The highest BCUT2D eigenvalue weighted by molar-refractivity contribution is 6.43. The molecule has 0 heterocycles. The van der Waals surface area contributed by atoms with Crippen LogP contribution in [0.5, 0.6) is 11.5 Å². The Morgan fingerprint density at radius 1 is 0.889 bits per heavy atom. The standard InChI is InChI=1S/C14H12Cl2O2/c1-17-12-7-6-9(8-13(12)18-2)10-4-3-5-11(15)14(10)16/h3-8H,1-2H3. The number of halogens is 2. The zero-order valence-electron chi connectivity index (χ0n) is 10.0. The molecule has 94 valence electrons. The first-order chi connectivity index (χ1) is 8.67. The molecular weight excluding hydrogens is 271 g/mol. The van der Waals surface area contributed by atoms with E-state index in [4.69, 9.17) is 32.7 Å². The van der Waals surface area contributed by atoms with Crippen molar-refractivity contribution >= 4 is 23.2 Å². The molecular formula is C14H12Cl2O2. The molecule has 0 fully saturated rings. The Labute approximate surface area is 116 Å². The maximum absolute atomic E-state index is 6.19. The third-order valence-corrected chi connectivity index (χ3v) is 3.47. The van der Waals surface area contributed by atoms with E-state index >= 15 is 0 Å². The monoisotopic (exact) mass is 282 g/mol. The van der Waals surface area contributed by atoms with Crippen LogP contribution in [0.15, 0.2) is 36.4 Å². The van der Waals surface area contributed by atoms with Gasteiger partial charge in [-0.1, -0.05) is 41.4 Å². The molecule has 0 unspecified atom stereocenters. The van der Waals surface area contributed by atoms with Crippen LogP contribution in [-0.4, -0.2) is 14.2 Å². The lowest BCUT2D eigenvalue weighted by molar-refractivity contribution is 0.355. The second-order valence-corrected chi connectivity index (χ2v) is 4.46. The molecule has 0 saturated carbocycles. The summed E-state index contributed by atoms with van der Waals surface area (Å²) in [6, 6.07) is 11.2. The Hall–Kier alpha value is -1.38. The molecule has 0 saturated heterocycles. The van der Waals surface area contributed by atoms with Crippen molar-refractivity contribution in [2.24, 2.45) is 0 Å². The number of benzene rings is 2. The van der Waals surface area contributed by atoms with Gasteiger partial charge in [-0.25, -0.2) is 0 Å². The van der Waals surface area contributed by atoms with Crippen LogP contribution in [0.25, 0.3) is 11.1 Å². The number of rotatable bonds is 3. The maximum Gasteiger partial charge on any atom is 0.161 e. The minimum atomic E-state index is 0.531. The topological polar surface area (TPSA) is 18.5 Å². The van der Waals surface area contributed by atoms with Crippen LogP contribution in [0.3, 0.4) is 0 Å². The van der Waals surface area contributed by atoms with Crippen molar-refractivity contribution in [1.82, 2.24) is 0 Å². The van der Waals surface area contributed by atoms with Crippen molar-refractivity contribution in [2.75, 3.05) is 14.2 Å². The number of hydrogen-bond donors (Lipinski definition) is 0. The van der Waals surface area contributed by atoms with Gasteiger partial charge in [0.05, 0.1) is 24.3 Å². The van der Waals surface area contributed by atoms with Gasteiger partial charge < -0.3 is 9.47 Å². The fraction of sp³-hybridized carbons (Fsp3) is 0.143. The van der Waals surface area contributed by atoms with Gasteiger partial charge in [-0.15, -0.1) is 0 Å². The zero-order chi connectivity index (χ0) is 13.1. The van der Waals surface area contributed by atoms with Crippen LogP contribution < -0.4 is 9.47 Å². The van der Waals surface area contributed by atoms with Crippen molar-refractivity contribution in [3.63, 3.8) is 0 Å². The quantitative estimate of drug-likeness (QED) is 0.814. The molecule has 0 bridgehead atoms. The molecule has 2 aromatic rings. The van der Waals surface area contributed by atoms with Crippen molar-refractivity contribution in [3.05, 3.63) is 46.4 Å². The first kappa shape index (κ1) is 13.1. The van der Waals surface area contributed by atoms with Gasteiger partial charge in [0.15, 0.2) is 11.5 Å². The van der Waals surface area contributed by atoms with E-state index in [1.807, 2.05) is 30.3 Å². The Morgan fingerprint density at radius 3 is 2.28 bits per heavy atom. The highest BCUT2D eigenvalue weighted by Crippen LogP contribution is 2.37. The maximum atomic E-state index is 6.19. The summed E-state index contributed by atoms with van der Waals surface area (Å²) in [5, 5.41) is 1.07. The van der Waals surface area contributed by atoms with E-state index in [1.165, 1.54) is 0 Å². The average Bonchev–Trinajstić information content (AvgIpc) is 2.41. The van der Waals surface area contributed by atoms with Gasteiger partial charge in [0.25, 0.3) is 0 Å². The highest BCUT2D eigenvalue weighted by atomic mass is 35.5. The largest absolute Gasteiger partial charge is 0.493 e. The Balaban J connectivity index is 2.54. The molecule has 0 aliphatic rings. The van der Waals surface area contributed by atoms with Crippen LogP contribution >= 0.6 is 23.2 Å². The molecule has 0 amide bonds. The summed E-state index contributed by atoms with van der Waals surface area (Å²) in [5.41, 5.74) is 1.80. The SMILES string of the molecule is COc1ccc(-c2cccc(Cl)c2Cl)cc1OC. The third-order valence-electron chi connectivity index (χ3n) is 2.65. The molecule has 2 rings (SSSR count). The normalized spacial score (nSPS) is 10.2. The van der Waals surface area contributed by atoms with Crippen LogP contribution in [0.4, 0.5) is 0 Å². The van der Waals surface area contributed by atoms with Gasteiger partial charge >= 0.3 is 0 Å². The van der Waals surface area contributed by atoms with E-state index in [2.05, 4.69) is 0 Å². The molecule has 2 aromatic carbocycles. The van der Waals surface area contributed by atoms with E-state index in [1.54, 1.807) is 20.3 Å². The Kier molecular flexibility index (Phi) is 4.00. The fourth-order valence-corrected chi connectivity index (χ4v) is 2.14. The third kappa shape index (κ3) is 2.40. The summed E-state index contributed by atoms with van der Waals surface area (Å²) in [7, 11) is 3.20. The molecule has 0 atom stereocenters. The smallest absolute Gasteiger partial charge is 0.161 e. The van der Waals surface area contributed by atoms with E-state index in [-0.39, 0.29) is 0 Å². The Morgan fingerprint density at radius 2 is 1.61 bits per heavy atom. The fourth-order valence-electron chi connectivity index (χ4n) is 1.73. The second kappa shape index (κ2) is 5.51. The minimum absolute atomic E-state index is 0.531. The number of methoxy groups -OCH3 is 2. The van der Waals surface area contributed by atoms with Crippen LogP contribution in [0, 0.1) is 0 Å². The molecule has 0 N–H and O–H groups in total. The summed E-state index contributed by atoms with van der Waals surface area (Å²) in [6.45, 7) is 0. The van der Waals surface area contributed by atoms with E-state index in [0.29, 0.717) is 21.5 Å². The molecule has 2 nitrogen and oxygen atoms in total. The predicted molar refractivity (Wildman–Crippen MR) is 75.0 cm³/mol. The molecule has 18 heavy (non-hydrogen) atoms. The van der Waals surface area contributed by atoms with Gasteiger partial charge in [-0.05, 0) is 23.8 Å². The van der Waals surface area contributed by atoms with Gasteiger partial charge in [0.2, 0.25) is 0 Å². The molecule has 4 heteroatoms. The molecule has 0 spiro atoms. The number of hydrogen-bond acceptors (Lipinski definition) is 2. The van der Waals surface area contributed by atoms with Crippen molar-refractivity contribution in [3.8, 4) is 22.6 Å². The molecule has 0 aliphatic heterocycles. The van der Waals surface area contributed by atoms with Crippen LogP contribution in [-0.2, 0) is 0 Å².